The van der Waals surface area contributed by atoms with Crippen LogP contribution in [-0.4, -0.2) is 32.1 Å². The Kier molecular flexibility index (Phi) is 6.49. The Morgan fingerprint density at radius 1 is 1.04 bits per heavy atom. The van der Waals surface area contributed by atoms with E-state index in [1.807, 2.05) is 37.3 Å². The molecule has 142 valence electrons. The van der Waals surface area contributed by atoms with Crippen LogP contribution in [0.1, 0.15) is 30.6 Å². The molecule has 0 bridgehead atoms. The first-order valence-corrected chi connectivity index (χ1v) is 9.78. The maximum Gasteiger partial charge on any atom is 0.237 e. The van der Waals surface area contributed by atoms with E-state index in [0.29, 0.717) is 28.5 Å². The van der Waals surface area contributed by atoms with Gasteiger partial charge in [0.05, 0.1) is 11.4 Å². The monoisotopic (exact) mass is 392 g/mol. The minimum atomic E-state index is -0.350. The predicted molar refractivity (Wildman–Crippen MR) is 110 cm³/mol. The fourth-order valence-corrected chi connectivity index (χ4v) is 3.31. The van der Waals surface area contributed by atoms with Gasteiger partial charge in [-0.25, -0.2) is 4.98 Å². The van der Waals surface area contributed by atoms with Gasteiger partial charge in [-0.15, -0.1) is 10.2 Å². The summed E-state index contributed by atoms with van der Waals surface area (Å²) >= 11 is 1.28. The number of anilines is 1. The molecule has 0 aliphatic heterocycles. The van der Waals surface area contributed by atoms with E-state index in [0.717, 1.165) is 5.56 Å². The molecule has 0 saturated carbocycles. The molecule has 0 radical (unpaired) electrons. The van der Waals surface area contributed by atoms with Crippen molar-refractivity contribution in [3.8, 4) is 11.3 Å². The molecule has 1 N–H and O–H groups in total. The number of Topliss-reactive ketones (excluding diaryl/α,β-unsaturated/α-hetero) is 1. The molecule has 0 aliphatic rings. The Morgan fingerprint density at radius 3 is 2.32 bits per heavy atom. The predicted octanol–water partition coefficient (Wildman–Crippen LogP) is 4.25. The number of rotatable bonds is 7. The van der Waals surface area contributed by atoms with Crippen molar-refractivity contribution in [1.82, 2.24) is 15.2 Å². The second kappa shape index (κ2) is 9.23. The van der Waals surface area contributed by atoms with Crippen LogP contribution in [0.25, 0.3) is 11.3 Å². The average Bonchev–Trinajstić information content (AvgIpc) is 2.73. The van der Waals surface area contributed by atoms with Crippen molar-refractivity contribution in [2.45, 2.75) is 30.7 Å². The topological polar surface area (TPSA) is 84.8 Å². The molecule has 3 rings (SSSR count). The third kappa shape index (κ3) is 5.01. The first kappa shape index (κ1) is 19.7. The number of hydrogen-bond donors (Lipinski definition) is 1. The van der Waals surface area contributed by atoms with Gasteiger partial charge in [-0.2, -0.15) is 0 Å². The molecule has 0 fully saturated rings. The molecule has 7 heteroatoms. The van der Waals surface area contributed by atoms with Crippen molar-refractivity contribution in [2.24, 2.45) is 0 Å². The van der Waals surface area contributed by atoms with E-state index >= 15 is 0 Å². The molecule has 0 aliphatic carbocycles. The van der Waals surface area contributed by atoms with Crippen molar-refractivity contribution < 1.29 is 9.59 Å². The number of hydrogen-bond acceptors (Lipinski definition) is 6. The van der Waals surface area contributed by atoms with E-state index < -0.39 is 0 Å². The molecule has 28 heavy (non-hydrogen) atoms. The molecule has 0 saturated heterocycles. The van der Waals surface area contributed by atoms with Crippen molar-refractivity contribution in [1.29, 1.82) is 0 Å². The van der Waals surface area contributed by atoms with Gasteiger partial charge in [-0.3, -0.25) is 9.59 Å². The van der Waals surface area contributed by atoms with Crippen molar-refractivity contribution in [2.75, 3.05) is 5.32 Å². The lowest BCUT2D eigenvalue weighted by atomic mass is 10.1. The number of carbonyl (C=O) groups is 2. The number of nitrogens with zero attached hydrogens (tertiary/aromatic N) is 3. The van der Waals surface area contributed by atoms with E-state index in [1.54, 1.807) is 30.5 Å². The summed E-state index contributed by atoms with van der Waals surface area (Å²) in [5.41, 5.74) is 2.88. The fraction of sp³-hybridized carbons (Fsp3) is 0.190. The normalized spacial score (nSPS) is 11.6. The summed E-state index contributed by atoms with van der Waals surface area (Å²) in [5.74, 6) is -0.151. The number of aromatic nitrogens is 3. The van der Waals surface area contributed by atoms with E-state index in [1.165, 1.54) is 18.7 Å². The minimum Gasteiger partial charge on any atom is -0.325 e. The summed E-state index contributed by atoms with van der Waals surface area (Å²) < 4.78 is 0. The van der Waals surface area contributed by atoms with Crippen LogP contribution >= 0.6 is 11.8 Å². The summed E-state index contributed by atoms with van der Waals surface area (Å²) in [5, 5.41) is 11.3. The maximum absolute atomic E-state index is 12.6. The molecule has 3 aromatic rings. The van der Waals surface area contributed by atoms with Gasteiger partial charge in [0.2, 0.25) is 11.1 Å². The second-order valence-electron chi connectivity index (χ2n) is 6.13. The zero-order valence-electron chi connectivity index (χ0n) is 15.6. The zero-order chi connectivity index (χ0) is 19.9. The van der Waals surface area contributed by atoms with Gasteiger partial charge in [0.1, 0.15) is 5.69 Å². The van der Waals surface area contributed by atoms with Crippen LogP contribution in [0.2, 0.25) is 0 Å². The number of benzene rings is 2. The number of nitrogens with one attached hydrogen (secondary N) is 1. The molecule has 6 nitrogen and oxygen atoms in total. The first-order valence-electron chi connectivity index (χ1n) is 8.90. The van der Waals surface area contributed by atoms with Gasteiger partial charge in [0, 0.05) is 16.8 Å². The van der Waals surface area contributed by atoms with Crippen LogP contribution in [-0.2, 0) is 4.79 Å². The molecule has 2 aromatic carbocycles. The van der Waals surface area contributed by atoms with Gasteiger partial charge >= 0.3 is 0 Å². The Hall–Kier alpha value is -3.06. The zero-order valence-corrected chi connectivity index (χ0v) is 16.4. The maximum atomic E-state index is 12.6. The Labute approximate surface area is 167 Å². The number of amides is 1. The smallest absolute Gasteiger partial charge is 0.237 e. The number of carbonyl (C=O) groups excluding carboxylic acids is 2. The fourth-order valence-electron chi connectivity index (χ4n) is 2.52. The largest absolute Gasteiger partial charge is 0.325 e. The van der Waals surface area contributed by atoms with Gasteiger partial charge < -0.3 is 5.32 Å². The highest BCUT2D eigenvalue weighted by atomic mass is 32.2. The van der Waals surface area contributed by atoms with Crippen LogP contribution in [0.3, 0.4) is 0 Å². The molecule has 0 unspecified atom stereocenters. The van der Waals surface area contributed by atoms with E-state index in [-0.39, 0.29) is 16.9 Å². The Bertz CT molecular complexity index is 944. The van der Waals surface area contributed by atoms with Gasteiger partial charge in [0.25, 0.3) is 0 Å². The molecule has 0 spiro atoms. The van der Waals surface area contributed by atoms with Crippen LogP contribution in [0.4, 0.5) is 5.69 Å². The SMILES string of the molecule is CC[C@H](Sc1ncc(-c2ccccc2)nn1)C(=O)Nc1ccc(C(C)=O)cc1. The van der Waals surface area contributed by atoms with Crippen molar-refractivity contribution >= 4 is 29.1 Å². The quantitative estimate of drug-likeness (QED) is 0.478. The van der Waals surface area contributed by atoms with Crippen LogP contribution in [0.5, 0.6) is 0 Å². The lowest BCUT2D eigenvalue weighted by molar-refractivity contribution is -0.115. The third-order valence-corrected chi connectivity index (χ3v) is 5.31. The molecule has 1 heterocycles. The van der Waals surface area contributed by atoms with Crippen LogP contribution in [0, 0.1) is 0 Å². The highest BCUT2D eigenvalue weighted by Gasteiger charge is 2.20. The molecular weight excluding hydrogens is 372 g/mol. The van der Waals surface area contributed by atoms with Crippen LogP contribution < -0.4 is 5.32 Å². The Balaban J connectivity index is 1.64. The van der Waals surface area contributed by atoms with Crippen LogP contribution in [0.15, 0.2) is 66.0 Å². The van der Waals surface area contributed by atoms with Gasteiger partial charge in [0.15, 0.2) is 5.78 Å². The van der Waals surface area contributed by atoms with Gasteiger partial charge in [-0.05, 0) is 37.6 Å². The first-order chi connectivity index (χ1) is 13.6. The lowest BCUT2D eigenvalue weighted by Crippen LogP contribution is -2.24. The highest BCUT2D eigenvalue weighted by Crippen LogP contribution is 2.24. The number of ketones is 1. The highest BCUT2D eigenvalue weighted by molar-refractivity contribution is 8.00. The summed E-state index contributed by atoms with van der Waals surface area (Å²) in [7, 11) is 0. The van der Waals surface area contributed by atoms with Crippen molar-refractivity contribution in [3.63, 3.8) is 0 Å². The number of thioether (sulfide) groups is 1. The molecule has 1 amide bonds. The standard InChI is InChI=1S/C21H20N4O2S/c1-3-19(20(27)23-17-11-9-15(10-12-17)14(2)26)28-21-22-13-18(24-25-21)16-7-5-4-6-8-16/h4-13,19H,3H2,1-2H3,(H,23,27)/t19-/m0/s1. The minimum absolute atomic E-state index is 0.0107. The third-order valence-electron chi connectivity index (χ3n) is 4.08. The molecular formula is C21H20N4O2S. The van der Waals surface area contributed by atoms with Crippen molar-refractivity contribution in [3.05, 3.63) is 66.4 Å². The van der Waals surface area contributed by atoms with E-state index in [9.17, 15) is 9.59 Å². The summed E-state index contributed by atoms with van der Waals surface area (Å²) in [6.07, 6.45) is 2.28. The van der Waals surface area contributed by atoms with Gasteiger partial charge in [-0.1, -0.05) is 49.0 Å². The molecule has 1 atom stereocenters. The summed E-state index contributed by atoms with van der Waals surface area (Å²) in [6.45, 7) is 3.44. The average molecular weight is 392 g/mol. The summed E-state index contributed by atoms with van der Waals surface area (Å²) in [4.78, 5) is 28.3. The second-order valence-corrected chi connectivity index (χ2v) is 7.30. The van der Waals surface area contributed by atoms with E-state index in [2.05, 4.69) is 20.5 Å². The van der Waals surface area contributed by atoms with E-state index in [4.69, 9.17) is 0 Å². The lowest BCUT2D eigenvalue weighted by Gasteiger charge is -2.13. The Morgan fingerprint density at radius 2 is 1.75 bits per heavy atom. The summed E-state index contributed by atoms with van der Waals surface area (Å²) in [6, 6.07) is 16.5. The molecule has 1 aromatic heterocycles.